The van der Waals surface area contributed by atoms with Crippen LogP contribution < -0.4 is 0 Å². The molecule has 0 saturated carbocycles. The Kier molecular flexibility index (Phi) is 6.74. The molecule has 0 aliphatic carbocycles. The number of halogens is 4. The van der Waals surface area contributed by atoms with E-state index >= 15 is 0 Å². The van der Waals surface area contributed by atoms with E-state index in [1.165, 1.54) is 0 Å². The zero-order valence-corrected chi connectivity index (χ0v) is 17.5. The lowest BCUT2D eigenvalue weighted by Gasteiger charge is -2.11. The first-order valence-electron chi connectivity index (χ1n) is 7.49. The Balaban J connectivity index is 0.00000243. The second-order valence-electron chi connectivity index (χ2n) is 5.35. The number of rotatable bonds is 4. The average Bonchev–Trinajstić information content (AvgIpc) is 2.95. The van der Waals surface area contributed by atoms with E-state index in [2.05, 4.69) is 21.0 Å². The van der Waals surface area contributed by atoms with Crippen molar-refractivity contribution in [3.05, 3.63) is 68.2 Å². The monoisotopic (exact) mass is 474 g/mol. The molecule has 0 fully saturated rings. The number of aromatic carboxylic acids is 1. The van der Waals surface area contributed by atoms with Gasteiger partial charge in [-0.15, -0.1) is 12.4 Å². The molecular weight excluding hydrogens is 462 g/mol. The molecule has 3 rings (SSSR count). The molecule has 1 N–H and O–H groups in total. The van der Waals surface area contributed by atoms with E-state index in [9.17, 15) is 9.90 Å². The number of hydrogen-bond acceptors (Lipinski definition) is 2. The van der Waals surface area contributed by atoms with E-state index in [-0.39, 0.29) is 18.1 Å². The molecule has 1 aromatic heterocycles. The molecule has 0 aliphatic heterocycles. The summed E-state index contributed by atoms with van der Waals surface area (Å²) in [6.45, 7) is 1.90. The molecule has 0 amide bonds. The number of carbonyl (C=O) groups is 1. The predicted octanol–water partition coefficient (Wildman–Crippen LogP) is 6.29. The maximum absolute atomic E-state index is 11.7. The van der Waals surface area contributed by atoms with Crippen LogP contribution in [0.4, 0.5) is 0 Å². The normalized spacial score (nSPS) is 10.5. The Bertz CT molecular complexity index is 956. The summed E-state index contributed by atoms with van der Waals surface area (Å²) in [4.78, 5) is 11.7. The van der Waals surface area contributed by atoms with Gasteiger partial charge < -0.3 is 5.11 Å². The van der Waals surface area contributed by atoms with Gasteiger partial charge in [0.15, 0.2) is 5.69 Å². The van der Waals surface area contributed by atoms with Gasteiger partial charge in [-0.1, -0.05) is 58.2 Å². The molecule has 0 unspecified atom stereocenters. The summed E-state index contributed by atoms with van der Waals surface area (Å²) in [5.41, 5.74) is 2.81. The van der Waals surface area contributed by atoms with E-state index in [4.69, 9.17) is 23.2 Å². The van der Waals surface area contributed by atoms with Gasteiger partial charge in [-0.05, 0) is 36.8 Å². The fourth-order valence-electron chi connectivity index (χ4n) is 2.69. The predicted molar refractivity (Wildman–Crippen MR) is 110 cm³/mol. The Hall–Kier alpha value is -1.53. The lowest BCUT2D eigenvalue weighted by Crippen LogP contribution is -2.03. The van der Waals surface area contributed by atoms with Crippen LogP contribution in [0.3, 0.4) is 0 Å². The molecule has 1 heterocycles. The maximum atomic E-state index is 11.7. The number of hydrogen-bond donors (Lipinski definition) is 1. The molecule has 0 saturated heterocycles. The quantitative estimate of drug-likeness (QED) is 0.481. The van der Waals surface area contributed by atoms with Crippen LogP contribution in [-0.4, -0.2) is 20.9 Å². The van der Waals surface area contributed by atoms with Crippen molar-refractivity contribution in [2.45, 2.75) is 13.3 Å². The first kappa shape index (κ1) is 20.8. The molecule has 0 bridgehead atoms. The smallest absolute Gasteiger partial charge is 0.356 e. The highest BCUT2D eigenvalue weighted by molar-refractivity contribution is 9.10. The van der Waals surface area contributed by atoms with Crippen LogP contribution in [0.1, 0.15) is 23.0 Å². The van der Waals surface area contributed by atoms with Crippen LogP contribution in [0.2, 0.25) is 10.0 Å². The molecule has 3 aromatic rings. The summed E-state index contributed by atoms with van der Waals surface area (Å²) in [7, 11) is 0. The van der Waals surface area contributed by atoms with Crippen molar-refractivity contribution in [3.63, 3.8) is 0 Å². The molecule has 136 valence electrons. The Labute approximate surface area is 175 Å². The summed E-state index contributed by atoms with van der Waals surface area (Å²) >= 11 is 15.7. The van der Waals surface area contributed by atoms with Crippen LogP contribution in [0.5, 0.6) is 0 Å². The largest absolute Gasteiger partial charge is 0.476 e. The van der Waals surface area contributed by atoms with E-state index < -0.39 is 5.97 Å². The topological polar surface area (TPSA) is 55.1 Å². The van der Waals surface area contributed by atoms with Crippen molar-refractivity contribution in [2.24, 2.45) is 0 Å². The van der Waals surface area contributed by atoms with Gasteiger partial charge in [0.05, 0.1) is 16.4 Å². The summed E-state index contributed by atoms with van der Waals surface area (Å²) in [6, 6.07) is 12.6. The van der Waals surface area contributed by atoms with Crippen molar-refractivity contribution in [1.29, 1.82) is 0 Å². The summed E-state index contributed by atoms with van der Waals surface area (Å²) in [5, 5.41) is 14.8. The van der Waals surface area contributed by atoms with Gasteiger partial charge in [-0.25, -0.2) is 9.48 Å². The highest BCUT2D eigenvalue weighted by Gasteiger charge is 2.24. The average molecular weight is 477 g/mol. The number of carboxylic acid groups (broad SMARTS) is 1. The van der Waals surface area contributed by atoms with Crippen molar-refractivity contribution < 1.29 is 9.90 Å². The van der Waals surface area contributed by atoms with Gasteiger partial charge in [0.2, 0.25) is 0 Å². The number of benzene rings is 2. The first-order valence-corrected chi connectivity index (χ1v) is 9.03. The van der Waals surface area contributed by atoms with Gasteiger partial charge in [-0.3, -0.25) is 0 Å². The Morgan fingerprint density at radius 3 is 2.38 bits per heavy atom. The third-order valence-corrected chi connectivity index (χ3v) is 4.86. The maximum Gasteiger partial charge on any atom is 0.356 e. The number of carboxylic acids is 1. The molecule has 26 heavy (non-hydrogen) atoms. The van der Waals surface area contributed by atoms with Crippen LogP contribution in [0.25, 0.3) is 16.9 Å². The highest BCUT2D eigenvalue weighted by Crippen LogP contribution is 2.33. The lowest BCUT2D eigenvalue weighted by atomic mass is 10.0. The molecule has 0 aliphatic rings. The van der Waals surface area contributed by atoms with Crippen molar-refractivity contribution >= 4 is 57.5 Å². The van der Waals surface area contributed by atoms with Gasteiger partial charge >= 0.3 is 5.97 Å². The Morgan fingerprint density at radius 2 is 1.85 bits per heavy atom. The van der Waals surface area contributed by atoms with Crippen molar-refractivity contribution in [1.82, 2.24) is 9.78 Å². The van der Waals surface area contributed by atoms with E-state index in [1.54, 1.807) is 22.9 Å². The minimum atomic E-state index is -1.07. The van der Waals surface area contributed by atoms with E-state index in [0.29, 0.717) is 33.4 Å². The third kappa shape index (κ3) is 3.91. The fourth-order valence-corrected chi connectivity index (χ4v) is 3.44. The number of nitrogens with zero attached hydrogens (tertiary/aromatic N) is 2. The standard InChI is InChI=1S/C18H13BrCl2N2O2.ClH/c1-2-13-16(18(24)25)22-23(15-8-7-12(20)9-14(15)21)17(13)10-3-5-11(19)6-4-10;/h3-9H,2H2,1H3,(H,24,25);1H. The second-order valence-corrected chi connectivity index (χ2v) is 7.11. The van der Waals surface area contributed by atoms with E-state index in [1.807, 2.05) is 31.2 Å². The second kappa shape index (κ2) is 8.44. The molecule has 2 aromatic carbocycles. The molecule has 0 spiro atoms. The van der Waals surface area contributed by atoms with Gasteiger partial charge in [0.25, 0.3) is 0 Å². The molecule has 8 heteroatoms. The van der Waals surface area contributed by atoms with Crippen LogP contribution in [0.15, 0.2) is 46.9 Å². The molecular formula is C18H14BrCl3N2O2. The first-order chi connectivity index (χ1) is 11.9. The summed E-state index contributed by atoms with van der Waals surface area (Å²) in [5.74, 6) is -1.07. The third-order valence-electron chi connectivity index (χ3n) is 3.80. The van der Waals surface area contributed by atoms with Gasteiger partial charge in [0.1, 0.15) is 0 Å². The minimum Gasteiger partial charge on any atom is -0.476 e. The van der Waals surface area contributed by atoms with Crippen molar-refractivity contribution in [2.75, 3.05) is 0 Å². The zero-order valence-electron chi connectivity index (χ0n) is 13.5. The number of aromatic nitrogens is 2. The van der Waals surface area contributed by atoms with E-state index in [0.717, 1.165) is 10.0 Å². The van der Waals surface area contributed by atoms with Crippen LogP contribution in [0, 0.1) is 0 Å². The lowest BCUT2D eigenvalue weighted by molar-refractivity contribution is 0.0689. The molecule has 0 radical (unpaired) electrons. The van der Waals surface area contributed by atoms with Crippen LogP contribution in [-0.2, 0) is 6.42 Å². The minimum absolute atomic E-state index is 0. The molecule has 4 nitrogen and oxygen atoms in total. The van der Waals surface area contributed by atoms with Gasteiger partial charge in [-0.2, -0.15) is 5.10 Å². The zero-order chi connectivity index (χ0) is 18.1. The fraction of sp³-hybridized carbons (Fsp3) is 0.111. The van der Waals surface area contributed by atoms with Gasteiger partial charge in [0, 0.05) is 20.6 Å². The van der Waals surface area contributed by atoms with Crippen LogP contribution >= 0.6 is 51.5 Å². The SMILES string of the molecule is CCc1c(C(=O)O)nn(-c2ccc(Cl)cc2Cl)c1-c1ccc(Br)cc1.Cl. The highest BCUT2D eigenvalue weighted by atomic mass is 79.9. The summed E-state index contributed by atoms with van der Waals surface area (Å²) in [6.07, 6.45) is 0.526. The molecule has 0 atom stereocenters. The van der Waals surface area contributed by atoms with Crippen molar-refractivity contribution in [3.8, 4) is 16.9 Å². The Morgan fingerprint density at radius 1 is 1.19 bits per heavy atom. The summed E-state index contributed by atoms with van der Waals surface area (Å²) < 4.78 is 2.51.